The van der Waals surface area contributed by atoms with Gasteiger partial charge in [0.2, 0.25) is 0 Å². The second-order valence-electron chi connectivity index (χ2n) is 7.12. The van der Waals surface area contributed by atoms with Crippen molar-refractivity contribution in [3.05, 3.63) is 85.9 Å². The van der Waals surface area contributed by atoms with Crippen molar-refractivity contribution >= 4 is 39.4 Å². The number of aromatic nitrogens is 2. The Morgan fingerprint density at radius 3 is 2.70 bits per heavy atom. The van der Waals surface area contributed by atoms with E-state index in [9.17, 15) is 14.7 Å². The van der Waals surface area contributed by atoms with E-state index in [1.165, 1.54) is 17.4 Å². The van der Waals surface area contributed by atoms with Gasteiger partial charge in [-0.1, -0.05) is 29.5 Å². The Labute approximate surface area is 174 Å². The van der Waals surface area contributed by atoms with E-state index in [0.717, 1.165) is 22.2 Å². The summed E-state index contributed by atoms with van der Waals surface area (Å²) in [6.07, 6.45) is 1.67. The van der Waals surface area contributed by atoms with Gasteiger partial charge in [-0.05, 0) is 55.3 Å². The lowest BCUT2D eigenvalue weighted by Crippen LogP contribution is -2.22. The maximum absolute atomic E-state index is 13.0. The number of benzene rings is 2. The van der Waals surface area contributed by atoms with Gasteiger partial charge in [0.1, 0.15) is 16.1 Å². The largest absolute Gasteiger partial charge is 0.478 e. The summed E-state index contributed by atoms with van der Waals surface area (Å²) in [5.41, 5.74) is 4.35. The Morgan fingerprint density at radius 1 is 1.13 bits per heavy atom. The number of carboxylic acids is 1. The molecule has 0 aliphatic heterocycles. The minimum absolute atomic E-state index is 0.148. The summed E-state index contributed by atoms with van der Waals surface area (Å²) in [5.74, 6) is -0.112. The Morgan fingerprint density at radius 2 is 1.90 bits per heavy atom. The van der Waals surface area contributed by atoms with Crippen molar-refractivity contribution in [2.45, 2.75) is 13.8 Å². The van der Waals surface area contributed by atoms with Gasteiger partial charge in [-0.3, -0.25) is 4.79 Å². The lowest BCUT2D eigenvalue weighted by Gasteiger charge is -2.01. The molecular formula is C23H16N2O4S. The molecule has 2 aromatic carbocycles. The average molecular weight is 416 g/mol. The second-order valence-corrected chi connectivity index (χ2v) is 8.13. The number of hydrogen-bond donors (Lipinski definition) is 1. The molecule has 7 heteroatoms. The molecule has 0 spiro atoms. The molecule has 5 aromatic rings. The molecule has 5 rings (SSSR count). The molecule has 0 atom stereocenters. The van der Waals surface area contributed by atoms with Gasteiger partial charge in [0, 0.05) is 11.6 Å². The van der Waals surface area contributed by atoms with E-state index >= 15 is 0 Å². The van der Waals surface area contributed by atoms with Crippen LogP contribution in [-0.4, -0.2) is 20.5 Å². The summed E-state index contributed by atoms with van der Waals surface area (Å²) in [4.78, 5) is 29.7. The topological polar surface area (TPSA) is 84.8 Å². The molecule has 0 aliphatic rings. The van der Waals surface area contributed by atoms with E-state index < -0.39 is 5.97 Å². The van der Waals surface area contributed by atoms with Gasteiger partial charge in [0.15, 0.2) is 4.96 Å². The van der Waals surface area contributed by atoms with E-state index in [-0.39, 0.29) is 11.1 Å². The van der Waals surface area contributed by atoms with Crippen LogP contribution >= 0.6 is 11.3 Å². The monoisotopic (exact) mass is 416 g/mol. The number of hydrogen-bond acceptors (Lipinski definition) is 5. The quantitative estimate of drug-likeness (QED) is 0.480. The number of nitrogens with zero attached hydrogens (tertiary/aromatic N) is 2. The first-order valence-corrected chi connectivity index (χ1v) is 10.1. The SMILES string of the molecule is Cc1cc2nc3s/c(=C\c4ccc(-c5ccccc5C(=O)O)o4)c(=O)n3c2cc1C. The highest BCUT2D eigenvalue weighted by Crippen LogP contribution is 2.26. The number of aromatic carboxylic acids is 1. The van der Waals surface area contributed by atoms with Crippen molar-refractivity contribution in [1.82, 2.24) is 9.38 Å². The van der Waals surface area contributed by atoms with E-state index in [1.807, 2.05) is 26.0 Å². The Bertz CT molecular complexity index is 1570. The maximum atomic E-state index is 13.0. The molecule has 0 saturated heterocycles. The zero-order valence-electron chi connectivity index (χ0n) is 16.2. The third-order valence-electron chi connectivity index (χ3n) is 5.18. The van der Waals surface area contributed by atoms with Crippen molar-refractivity contribution < 1.29 is 14.3 Å². The Hall–Kier alpha value is -3.71. The summed E-state index contributed by atoms with van der Waals surface area (Å²) in [7, 11) is 0. The fraction of sp³-hybridized carbons (Fsp3) is 0.0870. The number of imidazole rings is 1. The predicted molar refractivity (Wildman–Crippen MR) is 116 cm³/mol. The molecule has 0 radical (unpaired) electrons. The van der Waals surface area contributed by atoms with Crippen LogP contribution in [0, 0.1) is 13.8 Å². The lowest BCUT2D eigenvalue weighted by atomic mass is 10.1. The van der Waals surface area contributed by atoms with Gasteiger partial charge in [0.05, 0.1) is 16.6 Å². The summed E-state index contributed by atoms with van der Waals surface area (Å²) in [5, 5.41) is 9.39. The van der Waals surface area contributed by atoms with Crippen molar-refractivity contribution in [1.29, 1.82) is 0 Å². The zero-order chi connectivity index (χ0) is 21.0. The van der Waals surface area contributed by atoms with Crippen LogP contribution in [0.5, 0.6) is 0 Å². The molecule has 0 aliphatic carbocycles. The van der Waals surface area contributed by atoms with Crippen LogP contribution < -0.4 is 10.1 Å². The predicted octanol–water partition coefficient (Wildman–Crippen LogP) is 4.03. The maximum Gasteiger partial charge on any atom is 0.336 e. The van der Waals surface area contributed by atoms with E-state index in [0.29, 0.717) is 26.6 Å². The molecule has 6 nitrogen and oxygen atoms in total. The highest BCUT2D eigenvalue weighted by Gasteiger charge is 2.15. The molecule has 1 N–H and O–H groups in total. The number of fused-ring (bicyclic) bond motifs is 3. The van der Waals surface area contributed by atoms with Crippen LogP contribution in [0.3, 0.4) is 0 Å². The van der Waals surface area contributed by atoms with Gasteiger partial charge < -0.3 is 9.52 Å². The third-order valence-corrected chi connectivity index (χ3v) is 6.15. The summed E-state index contributed by atoms with van der Waals surface area (Å²) in [6, 6.07) is 14.1. The normalized spacial score (nSPS) is 12.3. The van der Waals surface area contributed by atoms with Crippen LogP contribution in [0.2, 0.25) is 0 Å². The molecule has 0 bridgehead atoms. The standard InChI is InChI=1S/C23H16N2O4S/c1-12-9-17-18(10-13(12)2)25-21(26)20(30-23(25)24-17)11-14-7-8-19(29-14)15-5-3-4-6-16(15)22(27)28/h3-11H,1-2H3,(H,27,28)/b20-11-. The first-order valence-electron chi connectivity index (χ1n) is 9.29. The third kappa shape index (κ3) is 2.83. The van der Waals surface area contributed by atoms with Crippen molar-refractivity contribution in [3.8, 4) is 11.3 Å². The van der Waals surface area contributed by atoms with Crippen LogP contribution in [0.1, 0.15) is 27.2 Å². The molecule has 0 amide bonds. The van der Waals surface area contributed by atoms with E-state index in [1.54, 1.807) is 40.8 Å². The number of aryl methyl sites for hydroxylation is 2. The van der Waals surface area contributed by atoms with Gasteiger partial charge in [-0.15, -0.1) is 0 Å². The van der Waals surface area contributed by atoms with Crippen molar-refractivity contribution in [2.24, 2.45) is 0 Å². The number of carbonyl (C=O) groups is 1. The fourth-order valence-electron chi connectivity index (χ4n) is 3.51. The summed E-state index contributed by atoms with van der Waals surface area (Å²) < 4.78 is 7.97. The van der Waals surface area contributed by atoms with E-state index in [4.69, 9.17) is 4.42 Å². The highest BCUT2D eigenvalue weighted by molar-refractivity contribution is 7.15. The molecule has 3 aromatic heterocycles. The molecule has 30 heavy (non-hydrogen) atoms. The molecule has 3 heterocycles. The van der Waals surface area contributed by atoms with Crippen molar-refractivity contribution in [2.75, 3.05) is 0 Å². The molecule has 148 valence electrons. The van der Waals surface area contributed by atoms with E-state index in [2.05, 4.69) is 4.98 Å². The smallest absolute Gasteiger partial charge is 0.336 e. The minimum Gasteiger partial charge on any atom is -0.478 e. The number of rotatable bonds is 3. The van der Waals surface area contributed by atoms with Gasteiger partial charge in [-0.2, -0.15) is 0 Å². The highest BCUT2D eigenvalue weighted by atomic mass is 32.1. The molecule has 0 saturated carbocycles. The number of furan rings is 1. The number of thiazole rings is 1. The fourth-order valence-corrected chi connectivity index (χ4v) is 4.47. The summed E-state index contributed by atoms with van der Waals surface area (Å²) >= 11 is 1.30. The molecular weight excluding hydrogens is 400 g/mol. The van der Waals surface area contributed by atoms with Gasteiger partial charge in [-0.25, -0.2) is 14.2 Å². The van der Waals surface area contributed by atoms with Crippen molar-refractivity contribution in [3.63, 3.8) is 0 Å². The zero-order valence-corrected chi connectivity index (χ0v) is 17.0. The Balaban J connectivity index is 1.63. The van der Waals surface area contributed by atoms with Crippen LogP contribution in [0.15, 0.2) is 57.7 Å². The summed E-state index contributed by atoms with van der Waals surface area (Å²) in [6.45, 7) is 4.04. The second kappa shape index (κ2) is 6.67. The lowest BCUT2D eigenvalue weighted by molar-refractivity contribution is 0.0697. The Kier molecular flexibility index (Phi) is 4.08. The minimum atomic E-state index is -1.02. The van der Waals surface area contributed by atoms with Crippen LogP contribution in [0.25, 0.3) is 33.4 Å². The molecule has 0 fully saturated rings. The van der Waals surface area contributed by atoms with Gasteiger partial charge >= 0.3 is 5.97 Å². The van der Waals surface area contributed by atoms with Crippen LogP contribution in [-0.2, 0) is 0 Å². The van der Waals surface area contributed by atoms with Gasteiger partial charge in [0.25, 0.3) is 5.56 Å². The first kappa shape index (κ1) is 18.3. The molecule has 0 unspecified atom stereocenters. The van der Waals surface area contributed by atoms with Crippen LogP contribution in [0.4, 0.5) is 0 Å². The first-order chi connectivity index (χ1) is 14.4. The number of carboxylic acid groups (broad SMARTS) is 1. The average Bonchev–Trinajstić information content (AvgIpc) is 3.39.